The molecule has 4 aromatic rings. The number of phenols is 1. The van der Waals surface area contributed by atoms with Gasteiger partial charge in [0.15, 0.2) is 17.5 Å². The maximum Gasteiger partial charge on any atom is 0.211 e. The Hall–Kier alpha value is -4.81. The molecular weight excluding hydrogens is 587 g/mol. The zero-order valence-corrected chi connectivity index (χ0v) is 25.6. The molecule has 1 fully saturated rings. The number of aromatic hydroxyl groups is 1. The number of hydrogen-bond acceptors (Lipinski definition) is 10. The molecule has 5 rings (SSSR count). The zero-order valence-electron chi connectivity index (χ0n) is 24.8. The van der Waals surface area contributed by atoms with Crippen LogP contribution in [0.2, 0.25) is 5.02 Å². The third-order valence-corrected chi connectivity index (χ3v) is 6.02. The molecule has 4 N–H and O–H groups in total. The number of morpholine rings is 1. The number of ether oxygens (including phenoxy) is 1. The standard InChI is InChI=1S/C22H23ClFN7O.C7H7NO2.C2H6/c1-15-8-16(23)10-19(9-15)29-18-3-2-17(25-11-18)12-27-28-14-21-26-13-20(24)22(30-21)31-4-6-32-7-5-31;9-5-8-6-2-1-3-7(10)4-6;1-2/h2-3,8-13,28-29H,4-7,14H2,1H3;1-5,10H,(H,8,9);1-2H3/b27-12+;;. The van der Waals surface area contributed by atoms with Gasteiger partial charge in [-0.05, 0) is 55.0 Å². The van der Waals surface area contributed by atoms with E-state index in [-0.39, 0.29) is 12.3 Å². The number of rotatable bonds is 9. The normalized spacial score (nSPS) is 12.3. The zero-order chi connectivity index (χ0) is 31.7. The van der Waals surface area contributed by atoms with Crippen LogP contribution in [0.4, 0.5) is 27.3 Å². The van der Waals surface area contributed by atoms with Crippen LogP contribution < -0.4 is 21.0 Å². The summed E-state index contributed by atoms with van der Waals surface area (Å²) in [5.74, 6) is 0.454. The van der Waals surface area contributed by atoms with Crippen LogP contribution in [0.15, 0.2) is 72.1 Å². The summed E-state index contributed by atoms with van der Waals surface area (Å²) in [4.78, 5) is 24.5. The number of nitrogens with one attached hydrogen (secondary N) is 3. The van der Waals surface area contributed by atoms with Gasteiger partial charge in [0.2, 0.25) is 6.41 Å². The van der Waals surface area contributed by atoms with Crippen LogP contribution in [-0.2, 0) is 16.1 Å². The van der Waals surface area contributed by atoms with Crippen molar-refractivity contribution >= 4 is 47.1 Å². The van der Waals surface area contributed by atoms with Crippen molar-refractivity contribution in [2.24, 2.45) is 5.10 Å². The molecular formula is C31H36ClFN8O3. The number of anilines is 4. The van der Waals surface area contributed by atoms with E-state index >= 15 is 0 Å². The van der Waals surface area contributed by atoms with E-state index in [1.165, 1.54) is 18.3 Å². The first-order chi connectivity index (χ1) is 21.4. The third kappa shape index (κ3) is 11.1. The summed E-state index contributed by atoms with van der Waals surface area (Å²) < 4.78 is 19.4. The Morgan fingerprint density at radius 2 is 1.84 bits per heavy atom. The van der Waals surface area contributed by atoms with Crippen molar-refractivity contribution in [2.75, 3.05) is 41.8 Å². The van der Waals surface area contributed by atoms with Gasteiger partial charge >= 0.3 is 0 Å². The number of amides is 1. The molecule has 1 saturated heterocycles. The fourth-order valence-electron chi connectivity index (χ4n) is 3.90. The van der Waals surface area contributed by atoms with Crippen LogP contribution >= 0.6 is 11.6 Å². The summed E-state index contributed by atoms with van der Waals surface area (Å²) in [6.07, 6.45) is 5.07. The second kappa shape index (κ2) is 18.0. The number of hydrazone groups is 1. The molecule has 2 aromatic carbocycles. The maximum absolute atomic E-state index is 14.1. The monoisotopic (exact) mass is 622 g/mol. The van der Waals surface area contributed by atoms with Gasteiger partial charge in [-0.15, -0.1) is 0 Å². The lowest BCUT2D eigenvalue weighted by Crippen LogP contribution is -2.37. The highest BCUT2D eigenvalue weighted by Gasteiger charge is 2.17. The van der Waals surface area contributed by atoms with Crippen LogP contribution in [0.5, 0.6) is 5.75 Å². The number of nitrogens with zero attached hydrogens (tertiary/aromatic N) is 5. The maximum atomic E-state index is 14.1. The van der Waals surface area contributed by atoms with E-state index in [1.54, 1.807) is 24.5 Å². The van der Waals surface area contributed by atoms with E-state index in [9.17, 15) is 9.18 Å². The first-order valence-electron chi connectivity index (χ1n) is 14.0. The van der Waals surface area contributed by atoms with Crippen molar-refractivity contribution in [1.29, 1.82) is 0 Å². The van der Waals surface area contributed by atoms with E-state index < -0.39 is 5.82 Å². The van der Waals surface area contributed by atoms with E-state index in [0.29, 0.717) is 60.8 Å². The largest absolute Gasteiger partial charge is 0.508 e. The molecule has 1 aliphatic rings. The van der Waals surface area contributed by atoms with E-state index in [2.05, 4.69) is 36.1 Å². The fraction of sp³-hybridized carbons (Fsp3) is 0.258. The first kappa shape index (κ1) is 33.7. The lowest BCUT2D eigenvalue weighted by molar-refractivity contribution is -0.105. The Balaban J connectivity index is 0.000000372. The van der Waals surface area contributed by atoms with Gasteiger partial charge in [0.05, 0.1) is 49.7 Å². The lowest BCUT2D eigenvalue weighted by Gasteiger charge is -2.28. The number of aryl methyl sites for hydroxylation is 1. The van der Waals surface area contributed by atoms with E-state index in [1.807, 2.05) is 56.0 Å². The Morgan fingerprint density at radius 3 is 2.52 bits per heavy atom. The van der Waals surface area contributed by atoms with Crippen molar-refractivity contribution in [3.63, 3.8) is 0 Å². The van der Waals surface area contributed by atoms with Crippen molar-refractivity contribution < 1.29 is 19.0 Å². The molecule has 0 spiro atoms. The minimum absolute atomic E-state index is 0.145. The molecule has 0 radical (unpaired) electrons. The molecule has 2 aromatic heterocycles. The van der Waals surface area contributed by atoms with Gasteiger partial charge in [0.25, 0.3) is 0 Å². The van der Waals surface area contributed by atoms with Crippen molar-refractivity contribution in [2.45, 2.75) is 27.3 Å². The van der Waals surface area contributed by atoms with Gasteiger partial charge < -0.3 is 30.8 Å². The quantitative estimate of drug-likeness (QED) is 0.106. The summed E-state index contributed by atoms with van der Waals surface area (Å²) in [6.45, 7) is 8.58. The SMILES string of the molecule is CC.Cc1cc(Cl)cc(Nc2ccc(/C=N/NCc3ncc(F)c(N4CCOCC4)n3)nc2)c1.O=CNc1cccc(O)c1. The average molecular weight is 623 g/mol. The Kier molecular flexibility index (Phi) is 13.8. The van der Waals surface area contributed by atoms with Crippen molar-refractivity contribution in [3.8, 4) is 5.75 Å². The number of benzene rings is 2. The number of pyridine rings is 1. The highest BCUT2D eigenvalue weighted by Crippen LogP contribution is 2.22. The second-order valence-electron chi connectivity index (χ2n) is 9.08. The van der Waals surface area contributed by atoms with Gasteiger partial charge in [0, 0.05) is 35.6 Å². The van der Waals surface area contributed by atoms with Crippen molar-refractivity contribution in [1.82, 2.24) is 20.4 Å². The summed E-state index contributed by atoms with van der Waals surface area (Å²) in [5, 5.41) is 19.4. The van der Waals surface area contributed by atoms with Crippen LogP contribution in [0.25, 0.3) is 0 Å². The molecule has 232 valence electrons. The van der Waals surface area contributed by atoms with Gasteiger partial charge in [-0.2, -0.15) is 5.10 Å². The molecule has 1 aliphatic heterocycles. The fourth-order valence-corrected chi connectivity index (χ4v) is 4.19. The Morgan fingerprint density at radius 1 is 1.05 bits per heavy atom. The first-order valence-corrected chi connectivity index (χ1v) is 14.4. The van der Waals surface area contributed by atoms with Crippen LogP contribution in [0, 0.1) is 12.7 Å². The summed E-state index contributed by atoms with van der Waals surface area (Å²) >= 11 is 6.10. The van der Waals surface area contributed by atoms with Gasteiger partial charge in [-0.1, -0.05) is 31.5 Å². The second-order valence-corrected chi connectivity index (χ2v) is 9.51. The molecule has 13 heteroatoms. The van der Waals surface area contributed by atoms with Gasteiger partial charge in [0.1, 0.15) is 5.75 Å². The molecule has 0 atom stereocenters. The van der Waals surface area contributed by atoms with Crippen LogP contribution in [0.3, 0.4) is 0 Å². The molecule has 3 heterocycles. The molecule has 0 bridgehead atoms. The van der Waals surface area contributed by atoms with E-state index in [0.717, 1.165) is 16.9 Å². The number of carbonyl (C=O) groups is 1. The number of halogens is 2. The summed E-state index contributed by atoms with van der Waals surface area (Å²) in [5.41, 5.74) is 6.96. The molecule has 11 nitrogen and oxygen atoms in total. The predicted molar refractivity (Wildman–Crippen MR) is 172 cm³/mol. The topological polar surface area (TPSA) is 137 Å². The number of phenolic OH excluding ortho intramolecular Hbond substituents is 1. The highest BCUT2D eigenvalue weighted by molar-refractivity contribution is 6.30. The Bertz CT molecular complexity index is 1480. The summed E-state index contributed by atoms with van der Waals surface area (Å²) in [6, 6.07) is 15.9. The molecule has 1 amide bonds. The van der Waals surface area contributed by atoms with Gasteiger partial charge in [-0.25, -0.2) is 14.4 Å². The minimum Gasteiger partial charge on any atom is -0.508 e. The van der Waals surface area contributed by atoms with Crippen LogP contribution in [-0.4, -0.2) is 59.0 Å². The highest BCUT2D eigenvalue weighted by atomic mass is 35.5. The third-order valence-electron chi connectivity index (χ3n) is 5.80. The molecule has 0 aliphatic carbocycles. The smallest absolute Gasteiger partial charge is 0.211 e. The van der Waals surface area contributed by atoms with E-state index in [4.69, 9.17) is 21.4 Å². The summed E-state index contributed by atoms with van der Waals surface area (Å²) in [7, 11) is 0. The molecule has 44 heavy (non-hydrogen) atoms. The Labute approximate surface area is 261 Å². The number of hydrogen-bond donors (Lipinski definition) is 4. The number of aromatic nitrogens is 3. The predicted octanol–water partition coefficient (Wildman–Crippen LogP) is 5.66. The number of carbonyl (C=O) groups excluding carboxylic acids is 1. The molecule has 0 unspecified atom stereocenters. The molecule has 0 saturated carbocycles. The minimum atomic E-state index is -0.440. The van der Waals surface area contributed by atoms with Crippen LogP contribution in [0.1, 0.15) is 30.9 Å². The van der Waals surface area contributed by atoms with Crippen molar-refractivity contribution in [3.05, 3.63) is 94.9 Å². The lowest BCUT2D eigenvalue weighted by atomic mass is 10.2. The van der Waals surface area contributed by atoms with Gasteiger partial charge in [-0.3, -0.25) is 9.78 Å². The average Bonchev–Trinajstić information content (AvgIpc) is 3.02.